The van der Waals surface area contributed by atoms with Crippen LogP contribution in [0.3, 0.4) is 0 Å². The minimum Gasteiger partial charge on any atom is -0.488 e. The van der Waals surface area contributed by atoms with Crippen LogP contribution in [0.1, 0.15) is 69.7 Å². The number of rotatable bonds is 8. The Morgan fingerprint density at radius 2 is 1.48 bits per heavy atom. The van der Waals surface area contributed by atoms with Gasteiger partial charge >= 0.3 is 0 Å². The molecule has 4 fully saturated rings. The van der Waals surface area contributed by atoms with Crippen LogP contribution in [0.25, 0.3) is 0 Å². The Balaban J connectivity index is 1.31. The predicted octanol–water partition coefficient (Wildman–Crippen LogP) is 8.90. The van der Waals surface area contributed by atoms with E-state index in [0.29, 0.717) is 22.5 Å². The van der Waals surface area contributed by atoms with E-state index >= 15 is 0 Å². The molecule has 4 aliphatic carbocycles. The molecule has 0 saturated heterocycles. The number of halogens is 2. The SMILES string of the molecule is CC(=O)C1=NN(c2ccc(Cl)cc2)[C@@H](c2ccccc2OCc2ccc(Cl)cc2)N1[C@H](C)C12CC3CC(CC(C3)C1)C2. The van der Waals surface area contributed by atoms with Gasteiger partial charge in [-0.3, -0.25) is 4.79 Å². The number of para-hydroxylation sites is 1. The molecule has 7 heteroatoms. The molecule has 42 heavy (non-hydrogen) atoms. The number of carbonyl (C=O) groups excluding carboxylic acids is 1. The van der Waals surface area contributed by atoms with E-state index in [4.69, 9.17) is 33.0 Å². The smallest absolute Gasteiger partial charge is 0.196 e. The van der Waals surface area contributed by atoms with Crippen molar-refractivity contribution in [1.29, 1.82) is 0 Å². The molecule has 5 nitrogen and oxygen atoms in total. The second-order valence-electron chi connectivity index (χ2n) is 13.0. The maximum absolute atomic E-state index is 13.4. The average Bonchev–Trinajstić information content (AvgIpc) is 3.37. The summed E-state index contributed by atoms with van der Waals surface area (Å²) in [5.74, 6) is 3.69. The molecule has 4 saturated carbocycles. The van der Waals surface area contributed by atoms with Crippen molar-refractivity contribution in [3.8, 4) is 5.75 Å². The third kappa shape index (κ3) is 4.99. The molecule has 0 unspecified atom stereocenters. The fourth-order valence-electron chi connectivity index (χ4n) is 8.72. The lowest BCUT2D eigenvalue weighted by Gasteiger charge is -2.60. The number of hydrogen-bond donors (Lipinski definition) is 0. The number of amidine groups is 1. The van der Waals surface area contributed by atoms with Crippen LogP contribution in [-0.4, -0.2) is 22.6 Å². The van der Waals surface area contributed by atoms with E-state index in [1.807, 2.05) is 71.7 Å². The molecule has 4 bridgehead atoms. The van der Waals surface area contributed by atoms with Crippen LogP contribution in [-0.2, 0) is 11.4 Å². The summed E-state index contributed by atoms with van der Waals surface area (Å²) in [7, 11) is 0. The minimum atomic E-state index is -0.338. The largest absolute Gasteiger partial charge is 0.488 e. The van der Waals surface area contributed by atoms with Gasteiger partial charge in [-0.05, 0) is 117 Å². The van der Waals surface area contributed by atoms with Crippen molar-refractivity contribution in [2.75, 3.05) is 5.01 Å². The van der Waals surface area contributed by atoms with Gasteiger partial charge in [-0.2, -0.15) is 0 Å². The van der Waals surface area contributed by atoms with Crippen molar-refractivity contribution >= 4 is 40.5 Å². The van der Waals surface area contributed by atoms with Crippen molar-refractivity contribution in [2.45, 2.75) is 71.2 Å². The molecule has 0 spiro atoms. The molecular formula is C35H37Cl2N3O2. The maximum Gasteiger partial charge on any atom is 0.196 e. The normalized spacial score (nSPS) is 28.6. The fourth-order valence-corrected chi connectivity index (χ4v) is 8.97. The summed E-state index contributed by atoms with van der Waals surface area (Å²) in [6.07, 6.45) is 7.51. The molecule has 3 aromatic rings. The van der Waals surface area contributed by atoms with Gasteiger partial charge < -0.3 is 9.64 Å². The maximum atomic E-state index is 13.4. The van der Waals surface area contributed by atoms with E-state index in [1.165, 1.54) is 38.5 Å². The zero-order chi connectivity index (χ0) is 29.0. The van der Waals surface area contributed by atoms with E-state index < -0.39 is 0 Å². The van der Waals surface area contributed by atoms with Crippen LogP contribution >= 0.6 is 23.2 Å². The third-order valence-corrected chi connectivity index (χ3v) is 10.7. The van der Waals surface area contributed by atoms with Crippen LogP contribution in [0.15, 0.2) is 77.9 Å². The van der Waals surface area contributed by atoms with Crippen LogP contribution in [0.5, 0.6) is 5.75 Å². The Hall–Kier alpha value is -3.02. The van der Waals surface area contributed by atoms with Crippen molar-refractivity contribution in [2.24, 2.45) is 28.3 Å². The highest BCUT2D eigenvalue weighted by Gasteiger charge is 2.57. The number of Topliss-reactive ketones (excluding diaryl/α,β-unsaturated/α-hetero) is 1. The van der Waals surface area contributed by atoms with Gasteiger partial charge in [0.15, 0.2) is 17.8 Å². The lowest BCUT2D eigenvalue weighted by molar-refractivity contribution is -0.113. The molecular weight excluding hydrogens is 565 g/mol. The quantitative estimate of drug-likeness (QED) is 0.258. The van der Waals surface area contributed by atoms with Gasteiger partial charge in [-0.1, -0.05) is 53.5 Å². The topological polar surface area (TPSA) is 45.1 Å². The number of anilines is 1. The van der Waals surface area contributed by atoms with Gasteiger partial charge in [0.2, 0.25) is 0 Å². The molecule has 8 rings (SSSR count). The van der Waals surface area contributed by atoms with Crippen LogP contribution < -0.4 is 9.75 Å². The van der Waals surface area contributed by atoms with Crippen LogP contribution in [0.2, 0.25) is 10.0 Å². The highest BCUT2D eigenvalue weighted by molar-refractivity contribution is 6.38. The van der Waals surface area contributed by atoms with Crippen LogP contribution in [0, 0.1) is 23.2 Å². The molecule has 3 aromatic carbocycles. The molecule has 5 aliphatic rings. The van der Waals surface area contributed by atoms with Gasteiger partial charge in [0, 0.05) is 28.6 Å². The molecule has 0 aromatic heterocycles. The number of ketones is 1. The average molecular weight is 603 g/mol. The Morgan fingerprint density at radius 3 is 2.07 bits per heavy atom. The zero-order valence-corrected chi connectivity index (χ0v) is 25.7. The van der Waals surface area contributed by atoms with Crippen molar-refractivity contribution in [1.82, 2.24) is 4.90 Å². The number of hydrazone groups is 1. The van der Waals surface area contributed by atoms with E-state index in [2.05, 4.69) is 17.9 Å². The number of carbonyl (C=O) groups is 1. The summed E-state index contributed by atoms with van der Waals surface area (Å²) in [5.41, 5.74) is 3.08. The second kappa shape index (κ2) is 10.9. The summed E-state index contributed by atoms with van der Waals surface area (Å²) in [5, 5.41) is 8.42. The van der Waals surface area contributed by atoms with Gasteiger partial charge in [-0.25, -0.2) is 5.01 Å². The zero-order valence-electron chi connectivity index (χ0n) is 24.2. The first kappa shape index (κ1) is 27.8. The number of nitrogens with zero attached hydrogens (tertiary/aromatic N) is 3. The summed E-state index contributed by atoms with van der Waals surface area (Å²) >= 11 is 12.4. The Bertz CT molecular complexity index is 1470. The Kier molecular flexibility index (Phi) is 7.22. The molecule has 0 radical (unpaired) electrons. The van der Waals surface area contributed by atoms with Crippen molar-refractivity contribution in [3.05, 3.63) is 94.0 Å². The molecule has 1 aliphatic heterocycles. The first-order valence-corrected chi connectivity index (χ1v) is 15.9. The number of ether oxygens (including phenoxy) is 1. The summed E-state index contributed by atoms with van der Waals surface area (Å²) in [6, 6.07) is 23.8. The summed E-state index contributed by atoms with van der Waals surface area (Å²) in [4.78, 5) is 15.7. The Morgan fingerprint density at radius 1 is 0.905 bits per heavy atom. The van der Waals surface area contributed by atoms with E-state index in [9.17, 15) is 4.79 Å². The van der Waals surface area contributed by atoms with Gasteiger partial charge in [0.05, 0.1) is 5.69 Å². The lowest BCUT2D eigenvalue weighted by Crippen LogP contribution is -2.58. The summed E-state index contributed by atoms with van der Waals surface area (Å²) < 4.78 is 6.50. The molecule has 218 valence electrons. The van der Waals surface area contributed by atoms with Gasteiger partial charge in [0.25, 0.3) is 0 Å². The summed E-state index contributed by atoms with van der Waals surface area (Å²) in [6.45, 7) is 4.40. The molecule has 0 amide bonds. The van der Waals surface area contributed by atoms with Gasteiger partial charge in [0.1, 0.15) is 12.4 Å². The predicted molar refractivity (Wildman–Crippen MR) is 169 cm³/mol. The molecule has 1 heterocycles. The lowest BCUT2D eigenvalue weighted by atomic mass is 9.47. The Labute approximate surface area is 258 Å². The van der Waals surface area contributed by atoms with Crippen molar-refractivity contribution in [3.63, 3.8) is 0 Å². The van der Waals surface area contributed by atoms with Crippen molar-refractivity contribution < 1.29 is 9.53 Å². The second-order valence-corrected chi connectivity index (χ2v) is 13.9. The fraction of sp³-hybridized carbons (Fsp3) is 0.429. The van der Waals surface area contributed by atoms with E-state index in [-0.39, 0.29) is 23.4 Å². The highest BCUT2D eigenvalue weighted by atomic mass is 35.5. The van der Waals surface area contributed by atoms with E-state index in [0.717, 1.165) is 40.3 Å². The first-order chi connectivity index (χ1) is 20.3. The minimum absolute atomic E-state index is 0.0207. The number of hydrogen-bond acceptors (Lipinski definition) is 5. The molecule has 2 atom stereocenters. The first-order valence-electron chi connectivity index (χ1n) is 15.2. The number of benzene rings is 3. The molecule has 0 N–H and O–H groups in total. The monoisotopic (exact) mass is 601 g/mol. The standard InChI is InChI=1S/C35H37Cl2N3O2/c1-22(41)33-38-40(30-13-11-29(37)12-14-30)34(31-5-3-4-6-32(31)42-21-24-7-9-28(36)10-8-24)39(33)23(2)35-18-25-15-26(19-35)17-27(16-25)20-35/h3-14,23,25-27,34H,15-21H2,1-2H3/t23-,25?,26?,27?,34+,35?/m1/s1. The highest BCUT2D eigenvalue weighted by Crippen LogP contribution is 2.63. The van der Waals surface area contributed by atoms with Crippen LogP contribution in [0.4, 0.5) is 5.69 Å². The third-order valence-electron chi connectivity index (χ3n) is 10.2. The van der Waals surface area contributed by atoms with Gasteiger partial charge in [-0.15, -0.1) is 5.10 Å². The van der Waals surface area contributed by atoms with E-state index in [1.54, 1.807) is 6.92 Å².